The molecule has 3 heteroatoms. The number of hydrogen-bond acceptors (Lipinski definition) is 3. The molecule has 82 valence electrons. The number of anilines is 1. The lowest BCUT2D eigenvalue weighted by molar-refractivity contribution is -0.116. The van der Waals surface area contributed by atoms with Crippen LogP contribution in [0.15, 0.2) is 54.1 Å². The van der Waals surface area contributed by atoms with Crippen LogP contribution in [0.4, 0.5) is 5.69 Å². The number of carbonyl (C=O) groups excluding carboxylic acids is 1. The molecule has 1 aliphatic rings. The summed E-state index contributed by atoms with van der Waals surface area (Å²) in [6.07, 6.45) is 5.27. The maximum atomic E-state index is 11.6. The first-order valence-corrected chi connectivity index (χ1v) is 6.21. The molecule has 0 spiro atoms. The van der Waals surface area contributed by atoms with Gasteiger partial charge < -0.3 is 5.32 Å². The van der Waals surface area contributed by atoms with Crippen LogP contribution in [-0.4, -0.2) is 11.5 Å². The van der Waals surface area contributed by atoms with E-state index in [9.17, 15) is 4.79 Å². The molecule has 1 aliphatic heterocycles. The molecule has 0 aliphatic carbocycles. The normalized spacial score (nSPS) is 19.1. The Morgan fingerprint density at radius 1 is 1.38 bits per heavy atom. The van der Waals surface area contributed by atoms with Gasteiger partial charge in [-0.3, -0.25) is 4.79 Å². The minimum atomic E-state index is 0.0545. The van der Waals surface area contributed by atoms with E-state index in [0.717, 1.165) is 11.4 Å². The van der Waals surface area contributed by atoms with Gasteiger partial charge in [0, 0.05) is 23.6 Å². The van der Waals surface area contributed by atoms with Gasteiger partial charge in [-0.05, 0) is 23.6 Å². The molecule has 2 nitrogen and oxygen atoms in total. The first-order valence-electron chi connectivity index (χ1n) is 5.16. The SMILES string of the molecule is O=C(/C=C\Nc1ccccc1)C1C=CSC1. The lowest BCUT2D eigenvalue weighted by Gasteiger charge is -2.01. The maximum absolute atomic E-state index is 11.6. The van der Waals surface area contributed by atoms with Crippen LogP contribution >= 0.6 is 11.8 Å². The summed E-state index contributed by atoms with van der Waals surface area (Å²) in [5, 5.41) is 5.05. The number of benzene rings is 1. The minimum Gasteiger partial charge on any atom is -0.362 e. The molecular weight excluding hydrogens is 218 g/mol. The summed E-state index contributed by atoms with van der Waals surface area (Å²) in [6.45, 7) is 0. The van der Waals surface area contributed by atoms with Crippen LogP contribution in [-0.2, 0) is 4.79 Å². The molecule has 0 fully saturated rings. The Bertz CT molecular complexity index is 411. The van der Waals surface area contributed by atoms with E-state index < -0.39 is 0 Å². The van der Waals surface area contributed by atoms with Crippen molar-refractivity contribution in [1.82, 2.24) is 0 Å². The van der Waals surface area contributed by atoms with Crippen LogP contribution in [0.1, 0.15) is 0 Å². The Labute approximate surface area is 99.4 Å². The summed E-state index contributed by atoms with van der Waals surface area (Å²) in [4.78, 5) is 11.6. The van der Waals surface area contributed by atoms with E-state index in [0.29, 0.717) is 0 Å². The van der Waals surface area contributed by atoms with Gasteiger partial charge in [0.25, 0.3) is 0 Å². The number of thioether (sulfide) groups is 1. The second-order valence-electron chi connectivity index (χ2n) is 3.51. The number of rotatable bonds is 4. The molecule has 1 atom stereocenters. The van der Waals surface area contributed by atoms with E-state index in [2.05, 4.69) is 5.32 Å². The van der Waals surface area contributed by atoms with Crippen molar-refractivity contribution in [3.63, 3.8) is 0 Å². The molecule has 0 amide bonds. The maximum Gasteiger partial charge on any atom is 0.164 e. The third kappa shape index (κ3) is 3.00. The van der Waals surface area contributed by atoms with Crippen molar-refractivity contribution >= 4 is 23.2 Å². The van der Waals surface area contributed by atoms with E-state index in [-0.39, 0.29) is 11.7 Å². The van der Waals surface area contributed by atoms with E-state index in [4.69, 9.17) is 0 Å². The average Bonchev–Trinajstić information content (AvgIpc) is 2.84. The number of allylic oxidation sites excluding steroid dienone is 2. The van der Waals surface area contributed by atoms with Crippen molar-refractivity contribution in [3.05, 3.63) is 54.1 Å². The Morgan fingerprint density at radius 3 is 2.88 bits per heavy atom. The second kappa shape index (κ2) is 5.56. The van der Waals surface area contributed by atoms with Crippen molar-refractivity contribution in [2.45, 2.75) is 0 Å². The standard InChI is InChI=1S/C13H13NOS/c15-13(11-7-9-16-10-11)6-8-14-12-4-2-1-3-5-12/h1-9,11,14H,10H2/b8-6-. The molecule has 0 bridgehead atoms. The highest BCUT2D eigenvalue weighted by Crippen LogP contribution is 2.21. The third-order valence-electron chi connectivity index (χ3n) is 2.32. The van der Waals surface area contributed by atoms with Crippen molar-refractivity contribution in [3.8, 4) is 0 Å². The Hall–Kier alpha value is -1.48. The molecule has 1 aromatic rings. The Morgan fingerprint density at radius 2 is 2.19 bits per heavy atom. The van der Waals surface area contributed by atoms with Gasteiger partial charge in [-0.25, -0.2) is 0 Å². The second-order valence-corrected chi connectivity index (χ2v) is 4.45. The summed E-state index contributed by atoms with van der Waals surface area (Å²) in [7, 11) is 0. The number of carbonyl (C=O) groups is 1. The first kappa shape index (κ1) is 11.0. The van der Waals surface area contributed by atoms with E-state index in [1.54, 1.807) is 24.0 Å². The molecule has 0 saturated heterocycles. The molecule has 0 radical (unpaired) electrons. The summed E-state index contributed by atoms with van der Waals surface area (Å²) >= 11 is 1.68. The fraction of sp³-hybridized carbons (Fsp3) is 0.154. The molecule has 0 saturated carbocycles. The van der Waals surface area contributed by atoms with Crippen LogP contribution in [0.5, 0.6) is 0 Å². The monoisotopic (exact) mass is 231 g/mol. The molecule has 0 aromatic heterocycles. The molecule has 1 heterocycles. The van der Waals surface area contributed by atoms with Crippen molar-refractivity contribution in [2.75, 3.05) is 11.1 Å². The minimum absolute atomic E-state index is 0.0545. The van der Waals surface area contributed by atoms with E-state index in [1.807, 2.05) is 41.8 Å². The average molecular weight is 231 g/mol. The van der Waals surface area contributed by atoms with Crippen LogP contribution in [0.2, 0.25) is 0 Å². The molecule has 16 heavy (non-hydrogen) atoms. The first-order chi connectivity index (χ1) is 7.86. The van der Waals surface area contributed by atoms with Gasteiger partial charge in [0.05, 0.1) is 0 Å². The zero-order valence-corrected chi connectivity index (χ0v) is 9.61. The van der Waals surface area contributed by atoms with E-state index >= 15 is 0 Å². The van der Waals surface area contributed by atoms with Gasteiger partial charge in [0.2, 0.25) is 0 Å². The Kier molecular flexibility index (Phi) is 3.83. The van der Waals surface area contributed by atoms with Crippen LogP contribution < -0.4 is 5.32 Å². The summed E-state index contributed by atoms with van der Waals surface area (Å²) in [6, 6.07) is 9.78. The van der Waals surface area contributed by atoms with Crippen molar-refractivity contribution in [2.24, 2.45) is 5.92 Å². The highest BCUT2D eigenvalue weighted by atomic mass is 32.2. The fourth-order valence-corrected chi connectivity index (χ4v) is 2.31. The largest absolute Gasteiger partial charge is 0.362 e. The topological polar surface area (TPSA) is 29.1 Å². The highest BCUT2D eigenvalue weighted by Gasteiger charge is 2.15. The Balaban J connectivity index is 1.85. The smallest absolute Gasteiger partial charge is 0.164 e. The number of ketones is 1. The van der Waals surface area contributed by atoms with Gasteiger partial charge in [-0.2, -0.15) is 0 Å². The van der Waals surface area contributed by atoms with Crippen LogP contribution in [0.3, 0.4) is 0 Å². The zero-order valence-electron chi connectivity index (χ0n) is 8.80. The number of para-hydroxylation sites is 1. The predicted octanol–water partition coefficient (Wildman–Crippen LogP) is 3.06. The quantitative estimate of drug-likeness (QED) is 0.807. The molecule has 1 unspecified atom stereocenters. The van der Waals surface area contributed by atoms with Gasteiger partial charge in [0.15, 0.2) is 5.78 Å². The lowest BCUT2D eigenvalue weighted by atomic mass is 10.1. The molecule has 1 N–H and O–H groups in total. The van der Waals surface area contributed by atoms with Crippen LogP contribution in [0.25, 0.3) is 0 Å². The van der Waals surface area contributed by atoms with Crippen LogP contribution in [0, 0.1) is 5.92 Å². The van der Waals surface area contributed by atoms with Gasteiger partial charge in [-0.1, -0.05) is 24.3 Å². The van der Waals surface area contributed by atoms with E-state index in [1.165, 1.54) is 0 Å². The van der Waals surface area contributed by atoms with Gasteiger partial charge in [0.1, 0.15) is 0 Å². The summed E-state index contributed by atoms with van der Waals surface area (Å²) in [5.41, 5.74) is 0.989. The summed E-state index contributed by atoms with van der Waals surface area (Å²) < 4.78 is 0. The molecular formula is C13H13NOS. The van der Waals surface area contributed by atoms with Crippen molar-refractivity contribution < 1.29 is 4.79 Å². The fourth-order valence-electron chi connectivity index (χ4n) is 1.42. The predicted molar refractivity (Wildman–Crippen MR) is 69.3 cm³/mol. The molecule has 1 aromatic carbocycles. The highest BCUT2D eigenvalue weighted by molar-refractivity contribution is 8.02. The number of hydrogen-bond donors (Lipinski definition) is 1. The van der Waals surface area contributed by atoms with Gasteiger partial charge in [-0.15, -0.1) is 11.8 Å². The zero-order chi connectivity index (χ0) is 11.2. The molecule has 2 rings (SSSR count). The third-order valence-corrected chi connectivity index (χ3v) is 3.22. The summed E-state index contributed by atoms with van der Waals surface area (Å²) in [5.74, 6) is 1.08. The number of nitrogens with one attached hydrogen (secondary N) is 1. The lowest BCUT2D eigenvalue weighted by Crippen LogP contribution is -2.09. The van der Waals surface area contributed by atoms with Crippen molar-refractivity contribution in [1.29, 1.82) is 0 Å². The van der Waals surface area contributed by atoms with Gasteiger partial charge >= 0.3 is 0 Å².